The first kappa shape index (κ1) is 11.1. The van der Waals surface area contributed by atoms with Crippen LogP contribution in [0.15, 0.2) is 22.7 Å². The van der Waals surface area contributed by atoms with Gasteiger partial charge in [-0.15, -0.1) is 0 Å². The average molecular weight is 255 g/mol. The van der Waals surface area contributed by atoms with Crippen molar-refractivity contribution in [2.45, 2.75) is 6.32 Å². The molecular formula is C9H8BBrO3. The zero-order chi connectivity index (χ0) is 10.6. The largest absolute Gasteiger partial charge is 0.493 e. The summed E-state index contributed by atoms with van der Waals surface area (Å²) in [5.41, 5.74) is 0.219. The van der Waals surface area contributed by atoms with Crippen LogP contribution < -0.4 is 4.74 Å². The third kappa shape index (κ3) is 2.77. The molecule has 0 aliphatic heterocycles. The van der Waals surface area contributed by atoms with Crippen LogP contribution in [0.4, 0.5) is 0 Å². The molecule has 0 heterocycles. The van der Waals surface area contributed by atoms with E-state index in [2.05, 4.69) is 15.9 Å². The molecule has 1 rings (SSSR count). The minimum Gasteiger partial charge on any atom is -0.493 e. The van der Waals surface area contributed by atoms with Crippen LogP contribution in [0.1, 0.15) is 10.4 Å². The Morgan fingerprint density at radius 1 is 1.57 bits per heavy atom. The van der Waals surface area contributed by atoms with Crippen molar-refractivity contribution in [3.8, 4) is 5.75 Å². The number of hydrogen-bond acceptors (Lipinski definition) is 2. The van der Waals surface area contributed by atoms with Crippen molar-refractivity contribution in [2.75, 3.05) is 6.61 Å². The fourth-order valence-corrected chi connectivity index (χ4v) is 1.41. The number of aromatic carboxylic acids is 1. The standard InChI is InChI=1S/C9H8BBrO3/c10-3-4-14-8-2-1-6(9(12)13)5-7(8)11/h1-2,5H,3-4H2,(H,12,13). The molecule has 0 spiro atoms. The van der Waals surface area contributed by atoms with E-state index in [1.165, 1.54) is 12.1 Å². The normalized spacial score (nSPS) is 9.79. The number of carbonyl (C=O) groups is 1. The van der Waals surface area contributed by atoms with Crippen molar-refractivity contribution >= 4 is 29.7 Å². The minimum absolute atomic E-state index is 0.219. The first-order chi connectivity index (χ1) is 6.65. The number of rotatable bonds is 4. The molecule has 14 heavy (non-hydrogen) atoms. The molecule has 0 saturated carbocycles. The zero-order valence-corrected chi connectivity index (χ0v) is 8.95. The van der Waals surface area contributed by atoms with Crippen LogP contribution in [-0.2, 0) is 0 Å². The maximum atomic E-state index is 10.6. The maximum absolute atomic E-state index is 10.6. The summed E-state index contributed by atoms with van der Waals surface area (Å²) in [4.78, 5) is 10.6. The van der Waals surface area contributed by atoms with Gasteiger partial charge in [-0.05, 0) is 34.1 Å². The summed E-state index contributed by atoms with van der Waals surface area (Å²) in [6, 6.07) is 4.58. The predicted molar refractivity (Wildman–Crippen MR) is 57.2 cm³/mol. The molecule has 0 fully saturated rings. The lowest BCUT2D eigenvalue weighted by Gasteiger charge is -2.07. The summed E-state index contributed by atoms with van der Waals surface area (Å²) in [6.07, 6.45) is 0.424. The summed E-state index contributed by atoms with van der Waals surface area (Å²) in [7, 11) is 5.27. The van der Waals surface area contributed by atoms with Crippen molar-refractivity contribution in [1.82, 2.24) is 0 Å². The lowest BCUT2D eigenvalue weighted by Crippen LogP contribution is -1.99. The van der Waals surface area contributed by atoms with Crippen LogP contribution in [0.3, 0.4) is 0 Å². The molecule has 1 N–H and O–H groups in total. The van der Waals surface area contributed by atoms with Crippen molar-refractivity contribution < 1.29 is 14.6 Å². The molecule has 1 aromatic rings. The van der Waals surface area contributed by atoms with Gasteiger partial charge in [-0.1, -0.05) is 6.32 Å². The number of ether oxygens (including phenoxy) is 1. The highest BCUT2D eigenvalue weighted by Crippen LogP contribution is 2.26. The molecule has 0 atom stereocenters. The van der Waals surface area contributed by atoms with Gasteiger partial charge in [0, 0.05) is 0 Å². The van der Waals surface area contributed by atoms with Crippen LogP contribution in [0.2, 0.25) is 6.32 Å². The lowest BCUT2D eigenvalue weighted by atomic mass is 10.1. The van der Waals surface area contributed by atoms with Gasteiger partial charge in [0.25, 0.3) is 0 Å². The van der Waals surface area contributed by atoms with Gasteiger partial charge in [0.1, 0.15) is 5.75 Å². The van der Waals surface area contributed by atoms with Crippen LogP contribution in [0, 0.1) is 0 Å². The van der Waals surface area contributed by atoms with Crippen molar-refractivity contribution in [3.63, 3.8) is 0 Å². The fourth-order valence-electron chi connectivity index (χ4n) is 0.920. The van der Waals surface area contributed by atoms with Gasteiger partial charge < -0.3 is 9.84 Å². The van der Waals surface area contributed by atoms with Gasteiger partial charge in [0.2, 0.25) is 0 Å². The highest BCUT2D eigenvalue weighted by molar-refractivity contribution is 9.10. The third-order valence-electron chi connectivity index (χ3n) is 1.55. The molecule has 3 nitrogen and oxygen atoms in total. The quantitative estimate of drug-likeness (QED) is 0.838. The molecule has 1 aromatic carbocycles. The molecule has 0 aliphatic carbocycles. The van der Waals surface area contributed by atoms with Gasteiger partial charge in [0.05, 0.1) is 24.5 Å². The predicted octanol–water partition coefficient (Wildman–Crippen LogP) is 2.11. The molecule has 5 heteroatoms. The number of carboxylic acid groups (broad SMARTS) is 1. The zero-order valence-electron chi connectivity index (χ0n) is 7.37. The van der Waals surface area contributed by atoms with E-state index in [9.17, 15) is 4.79 Å². The third-order valence-corrected chi connectivity index (χ3v) is 2.17. The SMILES string of the molecule is [B]CCOc1ccc(C(=O)O)cc1Br. The summed E-state index contributed by atoms with van der Waals surface area (Å²) in [5.74, 6) is -0.364. The molecular weight excluding hydrogens is 247 g/mol. The number of carboxylic acids is 1. The highest BCUT2D eigenvalue weighted by Gasteiger charge is 2.06. The van der Waals surface area contributed by atoms with Gasteiger partial charge in [0.15, 0.2) is 0 Å². The maximum Gasteiger partial charge on any atom is 0.335 e. The van der Waals surface area contributed by atoms with E-state index < -0.39 is 5.97 Å². The Bertz CT molecular complexity index is 341. The average Bonchev–Trinajstić information content (AvgIpc) is 2.15. The van der Waals surface area contributed by atoms with Crippen LogP contribution in [-0.4, -0.2) is 25.5 Å². The van der Waals surface area contributed by atoms with Crippen LogP contribution in [0.5, 0.6) is 5.75 Å². The van der Waals surface area contributed by atoms with E-state index in [1.807, 2.05) is 0 Å². The summed E-state index contributed by atoms with van der Waals surface area (Å²) in [5, 5.41) is 8.69. The Morgan fingerprint density at radius 2 is 2.29 bits per heavy atom. The summed E-state index contributed by atoms with van der Waals surface area (Å²) < 4.78 is 5.87. The Morgan fingerprint density at radius 3 is 2.79 bits per heavy atom. The van der Waals surface area contributed by atoms with Gasteiger partial charge in [-0.2, -0.15) is 0 Å². The Hall–Kier alpha value is -0.965. The molecule has 2 radical (unpaired) electrons. The Labute approximate surface area is 91.6 Å². The van der Waals surface area contributed by atoms with Gasteiger partial charge >= 0.3 is 5.97 Å². The smallest absolute Gasteiger partial charge is 0.335 e. The number of halogens is 1. The summed E-state index contributed by atoms with van der Waals surface area (Å²) >= 11 is 3.22. The molecule has 0 saturated heterocycles. The van der Waals surface area contributed by atoms with Gasteiger partial charge in [-0.3, -0.25) is 0 Å². The Balaban J connectivity index is 2.84. The summed E-state index contributed by atoms with van der Waals surface area (Å²) in [6.45, 7) is 0.408. The van der Waals surface area contributed by atoms with E-state index in [1.54, 1.807) is 6.07 Å². The first-order valence-electron chi connectivity index (χ1n) is 4.01. The van der Waals surface area contributed by atoms with Crippen LogP contribution in [0.25, 0.3) is 0 Å². The van der Waals surface area contributed by atoms with E-state index in [0.717, 1.165) is 0 Å². The molecule has 0 unspecified atom stereocenters. The van der Waals surface area contributed by atoms with Crippen LogP contribution >= 0.6 is 15.9 Å². The monoisotopic (exact) mass is 254 g/mol. The molecule has 0 amide bonds. The van der Waals surface area contributed by atoms with Crippen molar-refractivity contribution in [1.29, 1.82) is 0 Å². The highest BCUT2D eigenvalue weighted by atomic mass is 79.9. The molecule has 0 bridgehead atoms. The topological polar surface area (TPSA) is 46.5 Å². The van der Waals surface area contributed by atoms with E-state index in [0.29, 0.717) is 23.1 Å². The van der Waals surface area contributed by atoms with Crippen molar-refractivity contribution in [3.05, 3.63) is 28.2 Å². The van der Waals surface area contributed by atoms with Crippen molar-refractivity contribution in [2.24, 2.45) is 0 Å². The van der Waals surface area contributed by atoms with E-state index in [4.69, 9.17) is 17.7 Å². The second kappa shape index (κ2) is 5.05. The second-order valence-corrected chi connectivity index (χ2v) is 3.44. The lowest BCUT2D eigenvalue weighted by molar-refractivity contribution is 0.0697. The number of benzene rings is 1. The molecule has 0 aromatic heterocycles. The van der Waals surface area contributed by atoms with Gasteiger partial charge in [-0.25, -0.2) is 4.79 Å². The minimum atomic E-state index is -0.962. The Kier molecular flexibility index (Phi) is 4.01. The fraction of sp³-hybridized carbons (Fsp3) is 0.222. The molecule has 0 aliphatic rings. The number of hydrogen-bond donors (Lipinski definition) is 1. The first-order valence-corrected chi connectivity index (χ1v) is 4.80. The van der Waals surface area contributed by atoms with E-state index >= 15 is 0 Å². The molecule has 72 valence electrons. The van der Waals surface area contributed by atoms with E-state index in [-0.39, 0.29) is 5.56 Å². The second-order valence-electron chi connectivity index (χ2n) is 2.59.